The smallest absolute Gasteiger partial charge is 0.278 e. The number of ketones is 1. The summed E-state index contributed by atoms with van der Waals surface area (Å²) in [6.45, 7) is 2.33. The van der Waals surface area contributed by atoms with Crippen molar-refractivity contribution in [3.8, 4) is 0 Å². The summed E-state index contributed by atoms with van der Waals surface area (Å²) in [7, 11) is 5.00. The molecule has 35 heavy (non-hydrogen) atoms. The van der Waals surface area contributed by atoms with Crippen molar-refractivity contribution < 1.29 is 33.6 Å². The van der Waals surface area contributed by atoms with E-state index in [0.29, 0.717) is 23.1 Å². The number of likely N-dealkylation sites (N-methyl/N-ethyl adjacent to an activating group) is 1. The van der Waals surface area contributed by atoms with Crippen LogP contribution in [-0.4, -0.2) is 99.5 Å². The molecule has 3 rings (SSSR count). The molecule has 2 aliphatic heterocycles. The highest BCUT2D eigenvalue weighted by Crippen LogP contribution is 2.40. The molecule has 1 fully saturated rings. The van der Waals surface area contributed by atoms with Gasteiger partial charge in [0.2, 0.25) is 11.5 Å². The molecule has 15 heteroatoms. The van der Waals surface area contributed by atoms with Crippen molar-refractivity contribution in [1.82, 2.24) is 19.6 Å². The number of nitrogens with two attached hydrogens (primary N) is 1. The van der Waals surface area contributed by atoms with Gasteiger partial charge in [-0.1, -0.05) is 11.2 Å². The van der Waals surface area contributed by atoms with Gasteiger partial charge in [-0.2, -0.15) is 9.36 Å². The van der Waals surface area contributed by atoms with E-state index in [9.17, 15) is 24.3 Å². The van der Waals surface area contributed by atoms with E-state index in [1.165, 1.54) is 25.8 Å². The van der Waals surface area contributed by atoms with E-state index in [-0.39, 0.29) is 33.9 Å². The van der Waals surface area contributed by atoms with Gasteiger partial charge in [0.25, 0.3) is 11.8 Å². The predicted molar refractivity (Wildman–Crippen MR) is 127 cm³/mol. The maximum atomic E-state index is 12.9. The molecular weight excluding hydrogens is 498 g/mol. The number of fused-ring (bicyclic) bond motifs is 1. The zero-order valence-electron chi connectivity index (χ0n) is 19.5. The van der Waals surface area contributed by atoms with Crippen LogP contribution < -0.4 is 16.2 Å². The molecule has 188 valence electrons. The fourth-order valence-electron chi connectivity index (χ4n) is 3.72. The number of rotatable bonds is 10. The minimum absolute atomic E-state index is 0.0427. The van der Waals surface area contributed by atoms with Crippen LogP contribution in [0.1, 0.15) is 12.7 Å². The minimum Gasteiger partial charge on any atom is -0.543 e. The van der Waals surface area contributed by atoms with Crippen molar-refractivity contribution in [2.45, 2.75) is 18.3 Å². The number of carboxylic acid groups (broad SMARTS) is 1. The van der Waals surface area contributed by atoms with E-state index in [1.54, 1.807) is 12.2 Å². The molecule has 3 N–H and O–H groups in total. The number of nitrogens with one attached hydrogen (secondary N) is 1. The van der Waals surface area contributed by atoms with Crippen molar-refractivity contribution >= 4 is 57.7 Å². The average Bonchev–Trinajstić information content (AvgIpc) is 3.19. The molecule has 1 saturated heterocycles. The molecule has 0 aromatic carbocycles. The van der Waals surface area contributed by atoms with Gasteiger partial charge in [-0.15, -0.1) is 11.8 Å². The Kier molecular flexibility index (Phi) is 7.92. The quantitative estimate of drug-likeness (QED) is 0.152. The molecule has 1 aromatic rings. The molecule has 1 aromatic heterocycles. The molecule has 2 amide bonds. The van der Waals surface area contributed by atoms with Crippen molar-refractivity contribution in [1.29, 1.82) is 0 Å². The van der Waals surface area contributed by atoms with Crippen molar-refractivity contribution in [2.24, 2.45) is 5.16 Å². The Balaban J connectivity index is 1.75. The van der Waals surface area contributed by atoms with Crippen LogP contribution in [0.15, 0.2) is 28.6 Å². The molecule has 0 saturated carbocycles. The molecular formula is C20H25N7O6S2. The zero-order valence-corrected chi connectivity index (χ0v) is 21.1. The molecule has 13 nitrogen and oxygen atoms in total. The first-order valence-electron chi connectivity index (χ1n) is 10.3. The van der Waals surface area contributed by atoms with Crippen LogP contribution in [0.5, 0.6) is 0 Å². The van der Waals surface area contributed by atoms with Gasteiger partial charge in [0.1, 0.15) is 25.1 Å². The number of amides is 2. The highest BCUT2D eigenvalue weighted by molar-refractivity contribution is 8.00. The topological polar surface area (TPSA) is 180 Å². The number of hydrogen-bond acceptors (Lipinski definition) is 12. The predicted octanol–water partition coefficient (Wildman–Crippen LogP) is -1.90. The Morgan fingerprint density at radius 2 is 2.11 bits per heavy atom. The second kappa shape index (κ2) is 10.5. The number of carboxylic acids is 1. The second-order valence-corrected chi connectivity index (χ2v) is 10.4. The molecule has 0 radical (unpaired) electrons. The molecule has 3 heterocycles. The van der Waals surface area contributed by atoms with Gasteiger partial charge in [-0.3, -0.25) is 19.3 Å². The number of aromatic nitrogens is 2. The number of β-lactam (4-membered cyclic amide) rings is 1. The third-order valence-electron chi connectivity index (χ3n) is 5.10. The summed E-state index contributed by atoms with van der Waals surface area (Å²) in [5.41, 5.74) is 5.47. The summed E-state index contributed by atoms with van der Waals surface area (Å²) in [5, 5.41) is 17.6. The lowest BCUT2D eigenvalue weighted by atomic mass is 10.0. The van der Waals surface area contributed by atoms with Gasteiger partial charge in [-0.25, -0.2) is 0 Å². The summed E-state index contributed by atoms with van der Waals surface area (Å²) < 4.78 is 4.33. The number of allylic oxidation sites excluding steroid dienone is 1. The average molecular weight is 524 g/mol. The van der Waals surface area contributed by atoms with Gasteiger partial charge < -0.3 is 30.3 Å². The van der Waals surface area contributed by atoms with Gasteiger partial charge in [0.15, 0.2) is 10.9 Å². The fourth-order valence-corrected chi connectivity index (χ4v) is 5.48. The SMILES string of the molecule is CO/N=C(\C(=O)N[C@@H]1C(=O)N2C(C(=O)[O-])=C(/C=C/C[N+](C)(C)CC(C)=O)CS[C@H]12)c1nsc(N)n1. The van der Waals surface area contributed by atoms with Gasteiger partial charge in [-0.05, 0) is 11.6 Å². The van der Waals surface area contributed by atoms with Crippen LogP contribution in [-0.2, 0) is 24.0 Å². The minimum atomic E-state index is -1.49. The Hall–Kier alpha value is -3.30. The van der Waals surface area contributed by atoms with Crippen molar-refractivity contribution in [3.05, 3.63) is 29.2 Å². The van der Waals surface area contributed by atoms with E-state index in [4.69, 9.17) is 5.73 Å². The van der Waals surface area contributed by atoms with E-state index < -0.39 is 29.2 Å². The number of anilines is 1. The van der Waals surface area contributed by atoms with Crippen LogP contribution in [0.2, 0.25) is 0 Å². The standard InChI is InChI=1S/C20H25N7O6S2/c1-10(28)8-27(2,3)7-5-6-11-9-34-18-13(17(30)26(18)14(11)19(31)32)22-16(29)12(24-33-4)15-23-20(21)35-25-15/h5-6,13,18H,7-9H2,1-4H3,(H3-,21,22,23,25,29,31,32)/b6-5+,24-12-/t13-,18-/m1/s1. The molecule has 0 spiro atoms. The van der Waals surface area contributed by atoms with Crippen LogP contribution in [0.3, 0.4) is 0 Å². The number of carbonyl (C=O) groups is 4. The first kappa shape index (κ1) is 26.3. The van der Waals surface area contributed by atoms with Gasteiger partial charge in [0, 0.05) is 24.2 Å². The zero-order chi connectivity index (χ0) is 25.9. The van der Waals surface area contributed by atoms with E-state index in [2.05, 4.69) is 24.7 Å². The maximum absolute atomic E-state index is 12.9. The Morgan fingerprint density at radius 3 is 2.69 bits per heavy atom. The molecule has 2 aliphatic rings. The first-order valence-corrected chi connectivity index (χ1v) is 12.2. The lowest BCUT2D eigenvalue weighted by molar-refractivity contribution is -0.876. The number of oxime groups is 1. The molecule has 2 atom stereocenters. The summed E-state index contributed by atoms with van der Waals surface area (Å²) >= 11 is 2.17. The molecule has 0 bridgehead atoms. The normalized spacial score (nSPS) is 20.5. The largest absolute Gasteiger partial charge is 0.543 e. The Labute approximate surface area is 209 Å². The van der Waals surface area contributed by atoms with Crippen LogP contribution >= 0.6 is 23.3 Å². The van der Waals surface area contributed by atoms with E-state index >= 15 is 0 Å². The van der Waals surface area contributed by atoms with Gasteiger partial charge >= 0.3 is 0 Å². The summed E-state index contributed by atoms with van der Waals surface area (Å²) in [4.78, 5) is 58.6. The van der Waals surface area contributed by atoms with Crippen LogP contribution in [0, 0.1) is 0 Å². The maximum Gasteiger partial charge on any atom is 0.278 e. The number of nitrogen functional groups attached to an aromatic ring is 1. The highest BCUT2D eigenvalue weighted by Gasteiger charge is 2.53. The lowest BCUT2D eigenvalue weighted by Gasteiger charge is -2.50. The summed E-state index contributed by atoms with van der Waals surface area (Å²) in [5.74, 6) is -2.59. The fraction of sp³-hybridized carbons (Fsp3) is 0.450. The van der Waals surface area contributed by atoms with Crippen molar-refractivity contribution in [3.63, 3.8) is 0 Å². The molecule has 0 unspecified atom stereocenters. The Bertz CT molecular complexity index is 1140. The number of quaternary nitrogens is 1. The number of Topliss-reactive ketones (excluding diaryl/α,β-unsaturated/α-hetero) is 1. The number of aliphatic carboxylic acids is 1. The lowest BCUT2D eigenvalue weighted by Crippen LogP contribution is -2.71. The number of carbonyl (C=O) groups excluding carboxylic acids is 4. The third-order valence-corrected chi connectivity index (χ3v) is 6.94. The number of thioether (sulfide) groups is 1. The highest BCUT2D eigenvalue weighted by atomic mass is 32.2. The van der Waals surface area contributed by atoms with E-state index in [0.717, 1.165) is 16.4 Å². The molecule has 0 aliphatic carbocycles. The van der Waals surface area contributed by atoms with Gasteiger partial charge in [0.05, 0.1) is 32.3 Å². The van der Waals surface area contributed by atoms with Crippen molar-refractivity contribution in [2.75, 3.05) is 45.8 Å². The third kappa shape index (κ3) is 5.86. The van der Waals surface area contributed by atoms with Crippen LogP contribution in [0.25, 0.3) is 0 Å². The van der Waals surface area contributed by atoms with Crippen LogP contribution in [0.4, 0.5) is 5.13 Å². The first-order chi connectivity index (χ1) is 16.4. The number of nitrogens with zero attached hydrogens (tertiary/aromatic N) is 5. The Morgan fingerprint density at radius 1 is 1.40 bits per heavy atom. The van der Waals surface area contributed by atoms with E-state index in [1.807, 2.05) is 14.1 Å². The monoisotopic (exact) mass is 523 g/mol. The second-order valence-electron chi connectivity index (χ2n) is 8.48. The number of hydrogen-bond donors (Lipinski definition) is 2. The summed E-state index contributed by atoms with van der Waals surface area (Å²) in [6.07, 6.45) is 3.40. The summed E-state index contributed by atoms with van der Waals surface area (Å²) in [6, 6.07) is -0.989.